The van der Waals surface area contributed by atoms with Crippen LogP contribution >= 0.6 is 0 Å². The number of hydrogen-bond acceptors (Lipinski definition) is 6. The number of nitro groups is 1. The Hall–Kier alpha value is -2.26. The maximum atomic E-state index is 12.8. The first kappa shape index (κ1) is 19.1. The van der Waals surface area contributed by atoms with E-state index in [1.807, 2.05) is 0 Å². The number of nitrogens with zero attached hydrogens (tertiary/aromatic N) is 3. The molecule has 1 heterocycles. The normalized spacial score (nSPS) is 11.7. The summed E-state index contributed by atoms with van der Waals surface area (Å²) in [4.78, 5) is 27.8. The molecule has 1 aromatic heterocycles. The Bertz CT molecular complexity index is 857. The van der Waals surface area contributed by atoms with Crippen molar-refractivity contribution in [1.29, 1.82) is 0 Å². The summed E-state index contributed by atoms with van der Waals surface area (Å²) in [6.45, 7) is 8.83. The van der Waals surface area contributed by atoms with Crippen LogP contribution in [-0.2, 0) is 11.5 Å². The van der Waals surface area contributed by atoms with Crippen LogP contribution in [0.5, 0.6) is 5.75 Å². The maximum absolute atomic E-state index is 12.8. The molecule has 0 N–H and O–H groups in total. The van der Waals surface area contributed by atoms with Gasteiger partial charge in [0.2, 0.25) is 0 Å². The van der Waals surface area contributed by atoms with Crippen molar-refractivity contribution in [2.45, 2.75) is 39.3 Å². The Morgan fingerprint density at radius 1 is 1.36 bits per heavy atom. The highest BCUT2D eigenvalue weighted by Gasteiger charge is 2.24. The highest BCUT2D eigenvalue weighted by atomic mass is 28.3. The average molecular weight is 365 g/mol. The maximum Gasteiger partial charge on any atom is 0.287 e. The average Bonchev–Trinajstić information content (AvgIpc) is 2.51. The van der Waals surface area contributed by atoms with E-state index in [2.05, 4.69) is 24.6 Å². The number of rotatable bonds is 7. The molecule has 0 saturated heterocycles. The zero-order chi connectivity index (χ0) is 18.8. The molecule has 0 unspecified atom stereocenters. The quantitative estimate of drug-likeness (QED) is 0.324. The van der Waals surface area contributed by atoms with Crippen LogP contribution in [0.15, 0.2) is 17.2 Å². The predicted molar refractivity (Wildman–Crippen MR) is 98.1 cm³/mol. The van der Waals surface area contributed by atoms with E-state index in [1.54, 1.807) is 6.92 Å². The second kappa shape index (κ2) is 7.32. The molecule has 0 spiro atoms. The fraction of sp³-hybridized carbons (Fsp3) is 0.500. The first-order valence-electron chi connectivity index (χ1n) is 7.94. The standard InChI is InChI=1S/C16H23N3O5Si/c1-11-8-12(23-2)14-13(15(11)19(21)22)16(20)18(9-17-14)10-24-6-7-25(3,4)5/h8-9H,6-7,10H2,1-5H3. The molecule has 9 heteroatoms. The summed E-state index contributed by atoms with van der Waals surface area (Å²) in [6.07, 6.45) is 1.33. The minimum atomic E-state index is -1.23. The fourth-order valence-corrected chi connectivity index (χ4v) is 3.20. The van der Waals surface area contributed by atoms with Gasteiger partial charge in [-0.25, -0.2) is 4.98 Å². The Balaban J connectivity index is 2.45. The Morgan fingerprint density at radius 3 is 2.60 bits per heavy atom. The van der Waals surface area contributed by atoms with Crippen molar-refractivity contribution < 1.29 is 14.4 Å². The minimum Gasteiger partial charge on any atom is -0.494 e. The Labute approximate surface area is 146 Å². The summed E-state index contributed by atoms with van der Waals surface area (Å²) in [5, 5.41) is 11.4. The van der Waals surface area contributed by atoms with E-state index < -0.39 is 18.6 Å². The minimum absolute atomic E-state index is 0.0136. The lowest BCUT2D eigenvalue weighted by atomic mass is 10.1. The van der Waals surface area contributed by atoms with Crippen LogP contribution in [0.25, 0.3) is 10.9 Å². The zero-order valence-corrected chi connectivity index (χ0v) is 16.2. The largest absolute Gasteiger partial charge is 0.494 e. The molecule has 2 aromatic rings. The van der Waals surface area contributed by atoms with Gasteiger partial charge < -0.3 is 9.47 Å². The zero-order valence-electron chi connectivity index (χ0n) is 15.2. The number of benzene rings is 1. The number of aryl methyl sites for hydroxylation is 1. The van der Waals surface area contributed by atoms with Gasteiger partial charge in [0, 0.05) is 20.2 Å². The van der Waals surface area contributed by atoms with Crippen molar-refractivity contribution in [2.24, 2.45) is 0 Å². The molecular weight excluding hydrogens is 342 g/mol. The first-order chi connectivity index (χ1) is 11.7. The van der Waals surface area contributed by atoms with E-state index in [-0.39, 0.29) is 23.3 Å². The number of ether oxygens (including phenoxy) is 2. The van der Waals surface area contributed by atoms with Crippen molar-refractivity contribution in [2.75, 3.05) is 13.7 Å². The number of hydrogen-bond donors (Lipinski definition) is 0. The summed E-state index contributed by atoms with van der Waals surface area (Å²) >= 11 is 0. The van der Waals surface area contributed by atoms with Gasteiger partial charge in [0.25, 0.3) is 11.2 Å². The monoisotopic (exact) mass is 365 g/mol. The van der Waals surface area contributed by atoms with Crippen molar-refractivity contribution in [3.05, 3.63) is 38.4 Å². The van der Waals surface area contributed by atoms with E-state index >= 15 is 0 Å². The lowest BCUT2D eigenvalue weighted by Crippen LogP contribution is -2.25. The highest BCUT2D eigenvalue weighted by Crippen LogP contribution is 2.32. The first-order valence-corrected chi connectivity index (χ1v) is 11.7. The number of aromatic nitrogens is 2. The molecule has 136 valence electrons. The number of nitro benzene ring substituents is 1. The van der Waals surface area contributed by atoms with Gasteiger partial charge in [-0.1, -0.05) is 19.6 Å². The summed E-state index contributed by atoms with van der Waals surface area (Å²) in [7, 11) is 0.207. The molecule has 25 heavy (non-hydrogen) atoms. The van der Waals surface area contributed by atoms with Gasteiger partial charge in [-0.05, 0) is 19.0 Å². The van der Waals surface area contributed by atoms with Crippen LogP contribution in [0, 0.1) is 17.0 Å². The van der Waals surface area contributed by atoms with Crippen molar-refractivity contribution in [3.8, 4) is 5.75 Å². The van der Waals surface area contributed by atoms with Crippen LogP contribution in [-0.4, -0.2) is 36.3 Å². The van der Waals surface area contributed by atoms with Crippen LogP contribution in [0.3, 0.4) is 0 Å². The molecule has 2 rings (SSSR count). The molecule has 0 amide bonds. The Kier molecular flexibility index (Phi) is 5.58. The van der Waals surface area contributed by atoms with Gasteiger partial charge in [0.1, 0.15) is 29.7 Å². The summed E-state index contributed by atoms with van der Waals surface area (Å²) in [5.41, 5.74) is -0.217. The third kappa shape index (κ3) is 4.23. The highest BCUT2D eigenvalue weighted by molar-refractivity contribution is 6.76. The van der Waals surface area contributed by atoms with Crippen molar-refractivity contribution >= 4 is 24.7 Å². The second-order valence-electron chi connectivity index (χ2n) is 7.09. The van der Waals surface area contributed by atoms with E-state index in [9.17, 15) is 14.9 Å². The topological polar surface area (TPSA) is 96.5 Å². The van der Waals surface area contributed by atoms with Crippen molar-refractivity contribution in [1.82, 2.24) is 9.55 Å². The molecule has 0 saturated carbocycles. The summed E-state index contributed by atoms with van der Waals surface area (Å²) in [6, 6.07) is 2.48. The van der Waals surface area contributed by atoms with Crippen LogP contribution in [0.1, 0.15) is 5.56 Å². The van der Waals surface area contributed by atoms with E-state index in [1.165, 1.54) is 24.1 Å². The van der Waals surface area contributed by atoms with E-state index in [0.717, 1.165) is 6.04 Å². The van der Waals surface area contributed by atoms with Crippen molar-refractivity contribution in [3.63, 3.8) is 0 Å². The van der Waals surface area contributed by atoms with Gasteiger partial charge in [-0.15, -0.1) is 0 Å². The molecule has 8 nitrogen and oxygen atoms in total. The molecule has 0 aliphatic rings. The summed E-state index contributed by atoms with van der Waals surface area (Å²) < 4.78 is 12.0. The van der Waals surface area contributed by atoms with E-state index in [0.29, 0.717) is 17.9 Å². The lowest BCUT2D eigenvalue weighted by Gasteiger charge is -2.16. The molecule has 0 atom stereocenters. The number of fused-ring (bicyclic) bond motifs is 1. The fourth-order valence-electron chi connectivity index (χ4n) is 2.44. The molecule has 1 aromatic carbocycles. The Morgan fingerprint density at radius 2 is 2.04 bits per heavy atom. The third-order valence-corrected chi connectivity index (χ3v) is 5.56. The second-order valence-corrected chi connectivity index (χ2v) is 12.7. The van der Waals surface area contributed by atoms with Gasteiger partial charge in [0.05, 0.1) is 12.0 Å². The van der Waals surface area contributed by atoms with Gasteiger partial charge in [-0.3, -0.25) is 19.5 Å². The molecule has 0 bridgehead atoms. The van der Waals surface area contributed by atoms with Gasteiger partial charge in [-0.2, -0.15) is 0 Å². The van der Waals surface area contributed by atoms with Gasteiger partial charge in [0.15, 0.2) is 0 Å². The third-order valence-electron chi connectivity index (χ3n) is 3.86. The number of methoxy groups -OCH3 is 1. The molecule has 0 aliphatic heterocycles. The van der Waals surface area contributed by atoms with Crippen LogP contribution < -0.4 is 10.3 Å². The smallest absolute Gasteiger partial charge is 0.287 e. The van der Waals surface area contributed by atoms with Gasteiger partial charge >= 0.3 is 0 Å². The molecule has 0 fully saturated rings. The predicted octanol–water partition coefficient (Wildman–Crippen LogP) is 2.93. The van der Waals surface area contributed by atoms with Crippen LogP contribution in [0.4, 0.5) is 5.69 Å². The van der Waals surface area contributed by atoms with Crippen LogP contribution in [0.2, 0.25) is 25.7 Å². The summed E-state index contributed by atoms with van der Waals surface area (Å²) in [5.74, 6) is 0.335. The van der Waals surface area contributed by atoms with E-state index in [4.69, 9.17) is 9.47 Å². The SMILES string of the molecule is COc1cc(C)c([N+](=O)[O-])c2c(=O)n(COCC[Si](C)(C)C)cnc12. The molecular formula is C16H23N3O5Si. The lowest BCUT2D eigenvalue weighted by molar-refractivity contribution is -0.383. The molecule has 0 radical (unpaired) electrons. The molecule has 0 aliphatic carbocycles.